The van der Waals surface area contributed by atoms with Crippen LogP contribution in [0.5, 0.6) is 0 Å². The fourth-order valence-electron chi connectivity index (χ4n) is 1.97. The van der Waals surface area contributed by atoms with Gasteiger partial charge in [-0.2, -0.15) is 0 Å². The molecule has 72 valence electrons. The number of hydrogen-bond donors (Lipinski definition) is 1. The number of para-hydroxylation sites is 2. The minimum absolute atomic E-state index is 0.150. The van der Waals surface area contributed by atoms with Crippen LogP contribution >= 0.6 is 0 Å². The van der Waals surface area contributed by atoms with E-state index in [0.717, 1.165) is 17.9 Å². The number of hydrogen-bond acceptors (Lipinski definition) is 3. The van der Waals surface area contributed by atoms with E-state index in [9.17, 15) is 4.79 Å². The van der Waals surface area contributed by atoms with Crippen molar-refractivity contribution in [1.29, 1.82) is 0 Å². The Labute approximate surface area is 81.5 Å². The first-order valence-electron chi connectivity index (χ1n) is 4.65. The van der Waals surface area contributed by atoms with Crippen LogP contribution in [0.1, 0.15) is 0 Å². The number of nitrogens with zero attached hydrogens (tertiary/aromatic N) is 1. The average Bonchev–Trinajstić information content (AvgIpc) is 2.61. The molecular weight excluding hydrogens is 180 g/mol. The van der Waals surface area contributed by atoms with Gasteiger partial charge in [0.15, 0.2) is 0 Å². The van der Waals surface area contributed by atoms with E-state index in [4.69, 9.17) is 4.74 Å². The summed E-state index contributed by atoms with van der Waals surface area (Å²) in [5.41, 5.74) is 1.92. The minimum atomic E-state index is -0.232. The molecule has 1 saturated heterocycles. The van der Waals surface area contributed by atoms with Crippen LogP contribution in [-0.2, 0) is 4.74 Å². The molecule has 1 aromatic carbocycles. The number of benzene rings is 1. The highest BCUT2D eigenvalue weighted by Crippen LogP contribution is 2.33. The second kappa shape index (κ2) is 2.64. The lowest BCUT2D eigenvalue weighted by Crippen LogP contribution is -2.42. The van der Waals surface area contributed by atoms with E-state index in [0.29, 0.717) is 6.61 Å². The normalized spacial score (nSPS) is 23.6. The van der Waals surface area contributed by atoms with Crippen molar-refractivity contribution in [2.45, 2.75) is 6.04 Å². The van der Waals surface area contributed by atoms with E-state index in [1.807, 2.05) is 24.3 Å². The van der Waals surface area contributed by atoms with Crippen LogP contribution in [0, 0.1) is 0 Å². The Morgan fingerprint density at radius 3 is 3.21 bits per heavy atom. The van der Waals surface area contributed by atoms with Crippen molar-refractivity contribution >= 4 is 17.5 Å². The molecule has 1 unspecified atom stereocenters. The fourth-order valence-corrected chi connectivity index (χ4v) is 1.97. The van der Waals surface area contributed by atoms with Crippen LogP contribution in [0.25, 0.3) is 0 Å². The summed E-state index contributed by atoms with van der Waals surface area (Å²) in [6.07, 6.45) is -0.232. The van der Waals surface area contributed by atoms with Gasteiger partial charge in [0.25, 0.3) is 0 Å². The van der Waals surface area contributed by atoms with Crippen LogP contribution in [0.4, 0.5) is 16.2 Å². The number of nitrogens with one attached hydrogen (secondary N) is 1. The Bertz CT molecular complexity index is 391. The van der Waals surface area contributed by atoms with Gasteiger partial charge in [-0.15, -0.1) is 0 Å². The van der Waals surface area contributed by atoms with Gasteiger partial charge in [-0.05, 0) is 12.1 Å². The number of anilines is 2. The summed E-state index contributed by atoms with van der Waals surface area (Å²) in [4.78, 5) is 13.2. The summed E-state index contributed by atoms with van der Waals surface area (Å²) in [6.45, 7) is 1.25. The topological polar surface area (TPSA) is 41.6 Å². The first kappa shape index (κ1) is 7.67. The Morgan fingerprint density at radius 1 is 1.43 bits per heavy atom. The predicted molar refractivity (Wildman–Crippen MR) is 52.5 cm³/mol. The molecule has 1 amide bonds. The van der Waals surface area contributed by atoms with E-state index < -0.39 is 0 Å². The van der Waals surface area contributed by atoms with Gasteiger partial charge in [-0.25, -0.2) is 4.79 Å². The lowest BCUT2D eigenvalue weighted by atomic mass is 10.1. The highest BCUT2D eigenvalue weighted by Gasteiger charge is 2.37. The van der Waals surface area contributed by atoms with Gasteiger partial charge in [-0.3, -0.25) is 4.90 Å². The van der Waals surface area contributed by atoms with Gasteiger partial charge in [0.1, 0.15) is 6.61 Å². The van der Waals surface area contributed by atoms with E-state index in [-0.39, 0.29) is 12.1 Å². The Kier molecular flexibility index (Phi) is 1.45. The van der Waals surface area contributed by atoms with Gasteiger partial charge in [0, 0.05) is 6.54 Å². The van der Waals surface area contributed by atoms with Crippen LogP contribution < -0.4 is 10.2 Å². The maximum atomic E-state index is 11.4. The quantitative estimate of drug-likeness (QED) is 0.673. The van der Waals surface area contributed by atoms with Gasteiger partial charge in [0.05, 0.1) is 17.4 Å². The van der Waals surface area contributed by atoms with E-state index >= 15 is 0 Å². The number of ether oxygens (including phenoxy) is 1. The molecule has 1 N–H and O–H groups in total. The molecule has 1 fully saturated rings. The summed E-state index contributed by atoms with van der Waals surface area (Å²) in [7, 11) is 0. The minimum Gasteiger partial charge on any atom is -0.447 e. The van der Waals surface area contributed by atoms with Crippen LogP contribution in [0.3, 0.4) is 0 Å². The zero-order valence-electron chi connectivity index (χ0n) is 7.56. The maximum absolute atomic E-state index is 11.4. The maximum Gasteiger partial charge on any atom is 0.414 e. The number of cyclic esters (lactones) is 1. The third kappa shape index (κ3) is 0.907. The number of carbonyl (C=O) groups is 1. The highest BCUT2D eigenvalue weighted by atomic mass is 16.6. The third-order valence-electron chi connectivity index (χ3n) is 2.65. The zero-order valence-corrected chi connectivity index (χ0v) is 7.56. The molecule has 2 aliphatic heterocycles. The average molecular weight is 190 g/mol. The second-order valence-electron chi connectivity index (χ2n) is 3.50. The van der Waals surface area contributed by atoms with Crippen molar-refractivity contribution in [2.75, 3.05) is 23.4 Å². The molecule has 14 heavy (non-hydrogen) atoms. The summed E-state index contributed by atoms with van der Waals surface area (Å²) < 4.78 is 5.00. The van der Waals surface area contributed by atoms with Crippen LogP contribution in [0.15, 0.2) is 24.3 Å². The largest absolute Gasteiger partial charge is 0.447 e. The second-order valence-corrected chi connectivity index (χ2v) is 3.50. The van der Waals surface area contributed by atoms with E-state index in [2.05, 4.69) is 5.32 Å². The third-order valence-corrected chi connectivity index (χ3v) is 2.65. The van der Waals surface area contributed by atoms with Crippen LogP contribution in [-0.4, -0.2) is 25.3 Å². The number of rotatable bonds is 0. The molecule has 4 nitrogen and oxygen atoms in total. The van der Waals surface area contributed by atoms with Crippen molar-refractivity contribution in [1.82, 2.24) is 0 Å². The molecule has 0 saturated carbocycles. The number of amides is 1. The summed E-state index contributed by atoms with van der Waals surface area (Å²) in [5.74, 6) is 0. The summed E-state index contributed by atoms with van der Waals surface area (Å²) in [6, 6.07) is 7.93. The first-order chi connectivity index (χ1) is 6.86. The van der Waals surface area contributed by atoms with Crippen molar-refractivity contribution in [3.8, 4) is 0 Å². The molecule has 0 aliphatic carbocycles. The van der Waals surface area contributed by atoms with Gasteiger partial charge < -0.3 is 10.1 Å². The van der Waals surface area contributed by atoms with Crippen LogP contribution in [0.2, 0.25) is 0 Å². The standard InChI is InChI=1S/C10H10N2O2/c13-10-12-7(6-14-10)5-11-8-3-1-2-4-9(8)12/h1-4,7,11H,5-6H2. The summed E-state index contributed by atoms with van der Waals surface area (Å²) >= 11 is 0. The predicted octanol–water partition coefficient (Wildman–Crippen LogP) is 1.44. The smallest absolute Gasteiger partial charge is 0.414 e. The molecule has 2 heterocycles. The molecule has 3 rings (SSSR count). The molecule has 0 bridgehead atoms. The molecule has 2 aliphatic rings. The van der Waals surface area contributed by atoms with E-state index in [1.165, 1.54) is 0 Å². The van der Waals surface area contributed by atoms with Crippen molar-refractivity contribution in [3.05, 3.63) is 24.3 Å². The molecular formula is C10H10N2O2. The zero-order chi connectivity index (χ0) is 9.54. The Balaban J connectivity index is 2.11. The number of carbonyl (C=O) groups excluding carboxylic acids is 1. The fraction of sp³-hybridized carbons (Fsp3) is 0.300. The van der Waals surface area contributed by atoms with Crippen molar-refractivity contribution in [3.63, 3.8) is 0 Å². The molecule has 0 spiro atoms. The van der Waals surface area contributed by atoms with Gasteiger partial charge in [0.2, 0.25) is 0 Å². The van der Waals surface area contributed by atoms with Gasteiger partial charge >= 0.3 is 6.09 Å². The molecule has 0 radical (unpaired) electrons. The lowest BCUT2D eigenvalue weighted by molar-refractivity contribution is 0.179. The Hall–Kier alpha value is -1.71. The van der Waals surface area contributed by atoms with Crippen molar-refractivity contribution in [2.24, 2.45) is 0 Å². The van der Waals surface area contributed by atoms with E-state index in [1.54, 1.807) is 4.90 Å². The Morgan fingerprint density at radius 2 is 2.29 bits per heavy atom. The molecule has 1 atom stereocenters. The molecule has 1 aromatic rings. The summed E-state index contributed by atoms with van der Waals surface area (Å²) in [5, 5.41) is 3.28. The SMILES string of the molecule is O=C1OCC2CNc3ccccc3N12. The monoisotopic (exact) mass is 190 g/mol. The first-order valence-corrected chi connectivity index (χ1v) is 4.65. The number of fused-ring (bicyclic) bond motifs is 3. The lowest BCUT2D eigenvalue weighted by Gasteiger charge is -2.29. The highest BCUT2D eigenvalue weighted by molar-refractivity contribution is 5.95. The van der Waals surface area contributed by atoms with Gasteiger partial charge in [-0.1, -0.05) is 12.1 Å². The molecule has 0 aromatic heterocycles. The van der Waals surface area contributed by atoms with Crippen molar-refractivity contribution < 1.29 is 9.53 Å². The molecule has 4 heteroatoms.